The van der Waals surface area contributed by atoms with Crippen LogP contribution in [0.1, 0.15) is 0 Å². The van der Waals surface area contributed by atoms with E-state index in [1.54, 1.807) is 54.6 Å². The number of hydrogen-bond acceptors (Lipinski definition) is 9. The average molecular weight is 802 g/mol. The lowest BCUT2D eigenvalue weighted by Crippen LogP contribution is -1.97. The zero-order valence-corrected chi connectivity index (χ0v) is 27.3. The summed E-state index contributed by atoms with van der Waals surface area (Å²) in [6.45, 7) is -10.9. The van der Waals surface area contributed by atoms with E-state index in [2.05, 4.69) is 61.3 Å². The Morgan fingerprint density at radius 3 is 1.00 bits per heavy atom. The predicted molar refractivity (Wildman–Crippen MR) is 163 cm³/mol. The van der Waals surface area contributed by atoms with E-state index < -0.39 is 20.4 Å². The van der Waals surface area contributed by atoms with Crippen molar-refractivity contribution in [1.29, 1.82) is 0 Å². The fourth-order valence-corrected chi connectivity index (χ4v) is 17.8. The maximum absolute atomic E-state index is 6.86. The summed E-state index contributed by atoms with van der Waals surface area (Å²) >= 11 is 30.8. The van der Waals surface area contributed by atoms with Gasteiger partial charge in [0, 0.05) is 17.1 Å². The first-order chi connectivity index (χ1) is 16.8. The maximum atomic E-state index is 6.86. The molecule has 0 aliphatic carbocycles. The van der Waals surface area contributed by atoms with Gasteiger partial charge in [-0.05, 0) is 136 Å². The third-order valence-corrected chi connectivity index (χ3v) is 16.9. The highest BCUT2D eigenvalue weighted by atomic mass is 79.9. The molecule has 0 fully saturated rings. The number of nitrogens with two attached hydrogens (primary N) is 3. The smallest absolute Gasteiger partial charge is 0.354 e. The molecule has 0 bridgehead atoms. The Balaban J connectivity index is 1.85. The molecule has 192 valence electrons. The van der Waals surface area contributed by atoms with Crippen LogP contribution in [0.25, 0.3) is 0 Å². The zero-order chi connectivity index (χ0) is 26.3. The fourth-order valence-electron chi connectivity index (χ4n) is 2.72. The summed E-state index contributed by atoms with van der Waals surface area (Å²) in [4.78, 5) is 0. The quantitative estimate of drug-likeness (QED) is 0.167. The monoisotopic (exact) mass is 798 g/mol. The number of nitrogen functional groups attached to an aromatic ring is 3. The number of rotatable bonds is 6. The Kier molecular flexibility index (Phi) is 8.63. The number of anilines is 3. The van der Waals surface area contributed by atoms with E-state index in [1.165, 1.54) is 0 Å². The van der Waals surface area contributed by atoms with Gasteiger partial charge in [0.25, 0.3) is 0 Å². The normalized spacial score (nSPS) is 25.2. The minimum absolute atomic E-state index is 0.315. The Morgan fingerprint density at radius 2 is 0.778 bits per heavy atom. The summed E-state index contributed by atoms with van der Waals surface area (Å²) in [6.07, 6.45) is 0. The molecule has 1 heterocycles. The molecule has 0 unspecified atom stereocenters. The molecule has 3 aromatic rings. The van der Waals surface area contributed by atoms with E-state index in [9.17, 15) is 0 Å². The molecule has 0 radical (unpaired) electrons. The lowest BCUT2D eigenvalue weighted by atomic mass is 10.3. The summed E-state index contributed by atoms with van der Waals surface area (Å²) in [5.41, 5.74) is 19.0. The van der Waals surface area contributed by atoms with Gasteiger partial charge in [-0.25, -0.2) is 0 Å². The van der Waals surface area contributed by atoms with E-state index in [1.807, 2.05) is 0 Å². The second kappa shape index (κ2) is 10.9. The summed E-state index contributed by atoms with van der Waals surface area (Å²) in [5, 5.41) is 0. The number of benzene rings is 3. The van der Waals surface area contributed by atoms with E-state index in [-0.39, 0.29) is 0 Å². The van der Waals surface area contributed by atoms with Crippen molar-refractivity contribution >= 4 is 119 Å². The summed E-state index contributed by atoms with van der Waals surface area (Å²) in [5.74, 6) is 0.946. The van der Waals surface area contributed by atoms with Crippen LogP contribution < -0.4 is 30.8 Å². The average Bonchev–Trinajstić information content (AvgIpc) is 2.73. The van der Waals surface area contributed by atoms with Gasteiger partial charge in [-0.1, -0.05) is 0 Å². The van der Waals surface area contributed by atoms with Crippen LogP contribution in [-0.2, 0) is 0 Å². The molecule has 4 rings (SSSR count). The van der Waals surface area contributed by atoms with Crippen LogP contribution in [0.4, 0.5) is 17.1 Å². The molecular formula is C18H15Br3Cl3N6O3P3. The molecule has 18 heteroatoms. The van der Waals surface area contributed by atoms with Crippen LogP contribution in [0.5, 0.6) is 17.2 Å². The van der Waals surface area contributed by atoms with E-state index in [0.29, 0.717) is 47.7 Å². The molecule has 1 aliphatic rings. The first-order valence-corrected chi connectivity index (χ1v) is 19.4. The fraction of sp³-hybridized carbons (Fsp3) is 0. The topological polar surface area (TPSA) is 143 Å². The van der Waals surface area contributed by atoms with E-state index in [4.69, 9.17) is 64.5 Å². The molecule has 1 aliphatic heterocycles. The summed E-state index contributed by atoms with van der Waals surface area (Å²) in [6, 6.07) is 14.6. The Labute approximate surface area is 246 Å². The van der Waals surface area contributed by atoms with Gasteiger partial charge in [0.1, 0.15) is 17.2 Å². The van der Waals surface area contributed by atoms with Gasteiger partial charge in [-0.15, -0.1) is 13.5 Å². The van der Waals surface area contributed by atoms with Crippen molar-refractivity contribution in [2.45, 2.75) is 0 Å². The first-order valence-electron chi connectivity index (χ1n) is 9.51. The Bertz CT molecular complexity index is 1350. The van der Waals surface area contributed by atoms with Gasteiger partial charge in [-0.3, -0.25) is 0 Å². The van der Waals surface area contributed by atoms with E-state index >= 15 is 0 Å². The lowest BCUT2D eigenvalue weighted by Gasteiger charge is -2.27. The second-order valence-corrected chi connectivity index (χ2v) is 19.1. The highest BCUT2D eigenvalue weighted by Crippen LogP contribution is 2.83. The van der Waals surface area contributed by atoms with Crippen LogP contribution in [0.2, 0.25) is 0 Å². The van der Waals surface area contributed by atoms with Gasteiger partial charge in [0.05, 0.1) is 13.4 Å². The van der Waals surface area contributed by atoms with Crippen molar-refractivity contribution in [2.75, 3.05) is 17.2 Å². The molecule has 0 saturated carbocycles. The number of nitrogens with zero attached hydrogens (tertiary/aromatic N) is 3. The van der Waals surface area contributed by atoms with Crippen molar-refractivity contribution < 1.29 is 13.6 Å². The zero-order valence-electron chi connectivity index (χ0n) is 17.6. The van der Waals surface area contributed by atoms with Gasteiger partial charge >= 0.3 is 20.4 Å². The first kappa shape index (κ1) is 28.5. The molecule has 0 atom stereocenters. The van der Waals surface area contributed by atoms with Crippen molar-refractivity contribution in [3.8, 4) is 17.2 Å². The summed E-state index contributed by atoms with van der Waals surface area (Å²) < 4.78 is 33.0. The lowest BCUT2D eigenvalue weighted by molar-refractivity contribution is 0.592. The largest absolute Gasteiger partial charge is 0.429 e. The number of hydrogen-bond donors (Lipinski definition) is 3. The van der Waals surface area contributed by atoms with Crippen molar-refractivity contribution in [3.05, 3.63) is 68.0 Å². The van der Waals surface area contributed by atoms with Crippen molar-refractivity contribution in [2.24, 2.45) is 13.5 Å². The second-order valence-electron chi connectivity index (χ2n) is 7.03. The van der Waals surface area contributed by atoms with Crippen LogP contribution in [-0.4, -0.2) is 0 Å². The van der Waals surface area contributed by atoms with Gasteiger partial charge in [0.2, 0.25) is 0 Å². The molecule has 36 heavy (non-hydrogen) atoms. The molecule has 3 aromatic carbocycles. The molecule has 0 aromatic heterocycles. The van der Waals surface area contributed by atoms with Crippen LogP contribution in [0, 0.1) is 0 Å². The molecular weight excluding hydrogens is 787 g/mol. The maximum Gasteiger partial charge on any atom is 0.354 e. The highest BCUT2D eigenvalue weighted by molar-refractivity contribution is 9.11. The molecule has 0 saturated heterocycles. The summed E-state index contributed by atoms with van der Waals surface area (Å²) in [7, 11) is 0. The van der Waals surface area contributed by atoms with Crippen LogP contribution in [0.3, 0.4) is 0 Å². The molecule has 0 amide bonds. The van der Waals surface area contributed by atoms with Crippen LogP contribution >= 0.6 is 102 Å². The predicted octanol–water partition coefficient (Wildman–Crippen LogP) is 10.8. The minimum Gasteiger partial charge on any atom is -0.429 e. The third kappa shape index (κ3) is 6.90. The SMILES string of the molecule is Nc1ccc(OP2(Cl)=NP(Cl)(Oc3ccc(N)cc3Br)=NP(Cl)(Oc3ccc(N)cc3Br)=N2)c(Br)c1. The van der Waals surface area contributed by atoms with Crippen molar-refractivity contribution in [1.82, 2.24) is 0 Å². The molecule has 0 spiro atoms. The van der Waals surface area contributed by atoms with E-state index in [0.717, 1.165) is 0 Å². The van der Waals surface area contributed by atoms with Crippen molar-refractivity contribution in [3.63, 3.8) is 0 Å². The van der Waals surface area contributed by atoms with Crippen LogP contribution in [0.15, 0.2) is 81.6 Å². The molecule has 9 nitrogen and oxygen atoms in total. The minimum atomic E-state index is -3.63. The Hall–Kier alpha value is -0.540. The third-order valence-electron chi connectivity index (χ3n) is 4.17. The standard InChI is InChI=1S/C18H15Br3Cl3N6O3P3/c19-13-7-10(25)1-4-16(13)31-34(22)28-35(23,32-17-5-2-11(26)8-14(17)20)30-36(24,29-34)33-18-6-3-12(27)9-15(18)21/h1-9H,25-27H2. The number of halogens is 6. The highest BCUT2D eigenvalue weighted by Gasteiger charge is 2.40. The van der Waals surface area contributed by atoms with Gasteiger partial charge < -0.3 is 30.8 Å². The van der Waals surface area contributed by atoms with Gasteiger partial charge in [-0.2, -0.15) is 0 Å². The molecule has 6 N–H and O–H groups in total. The Morgan fingerprint density at radius 1 is 0.528 bits per heavy atom. The van der Waals surface area contributed by atoms with Gasteiger partial charge in [0.15, 0.2) is 0 Å².